The Balaban J connectivity index is 2.95. The molecule has 15 heavy (non-hydrogen) atoms. The molecule has 1 aromatic rings. The van der Waals surface area contributed by atoms with Crippen molar-refractivity contribution in [3.63, 3.8) is 0 Å². The molecular formula is C8H8ClF3N2S. The predicted molar refractivity (Wildman–Crippen MR) is 53.1 cm³/mol. The quantitative estimate of drug-likeness (QED) is 0.469. The summed E-state index contributed by atoms with van der Waals surface area (Å²) in [6.07, 6.45) is -3.62. The number of thioether (sulfide) groups is 1. The van der Waals surface area contributed by atoms with E-state index in [0.29, 0.717) is 5.75 Å². The van der Waals surface area contributed by atoms with Gasteiger partial charge in [0.2, 0.25) is 5.28 Å². The zero-order valence-corrected chi connectivity index (χ0v) is 9.38. The minimum Gasteiger partial charge on any atom is -0.213 e. The minimum atomic E-state index is -4.48. The molecule has 1 heterocycles. The highest BCUT2D eigenvalue weighted by molar-refractivity contribution is 7.99. The Bertz CT molecular complexity index is 343. The molecule has 7 heteroatoms. The molecule has 0 aromatic carbocycles. The van der Waals surface area contributed by atoms with Crippen molar-refractivity contribution in [2.45, 2.75) is 24.5 Å². The van der Waals surface area contributed by atoms with Crippen LogP contribution in [0.4, 0.5) is 13.2 Å². The van der Waals surface area contributed by atoms with Crippen molar-refractivity contribution in [3.8, 4) is 0 Å². The van der Waals surface area contributed by atoms with E-state index in [1.807, 2.05) is 6.92 Å². The van der Waals surface area contributed by atoms with Gasteiger partial charge in [0.25, 0.3) is 0 Å². The van der Waals surface area contributed by atoms with Gasteiger partial charge in [0.1, 0.15) is 5.03 Å². The van der Waals surface area contributed by atoms with Crippen LogP contribution in [-0.4, -0.2) is 15.7 Å². The van der Waals surface area contributed by atoms with E-state index in [1.54, 1.807) is 0 Å². The Hall–Kier alpha value is -0.490. The van der Waals surface area contributed by atoms with Crippen LogP contribution in [0.1, 0.15) is 19.0 Å². The number of nitrogens with zero attached hydrogens (tertiary/aromatic N) is 2. The van der Waals surface area contributed by atoms with Gasteiger partial charge in [-0.15, -0.1) is 11.8 Å². The van der Waals surface area contributed by atoms with Crippen LogP contribution in [0, 0.1) is 0 Å². The summed E-state index contributed by atoms with van der Waals surface area (Å²) in [7, 11) is 0. The first-order valence-electron chi connectivity index (χ1n) is 4.18. The van der Waals surface area contributed by atoms with E-state index in [0.717, 1.165) is 12.5 Å². The maximum absolute atomic E-state index is 12.3. The molecule has 0 aliphatic rings. The summed E-state index contributed by atoms with van der Waals surface area (Å²) in [5.74, 6) is 0.699. The molecular weight excluding hydrogens is 249 g/mol. The molecule has 0 saturated heterocycles. The highest BCUT2D eigenvalue weighted by atomic mass is 35.5. The first-order valence-corrected chi connectivity index (χ1v) is 5.54. The number of rotatable bonds is 3. The van der Waals surface area contributed by atoms with E-state index in [9.17, 15) is 13.2 Å². The lowest BCUT2D eigenvalue weighted by Gasteiger charge is -2.07. The fourth-order valence-corrected chi connectivity index (χ4v) is 1.81. The molecule has 1 rings (SSSR count). The van der Waals surface area contributed by atoms with Crippen molar-refractivity contribution in [1.29, 1.82) is 0 Å². The van der Waals surface area contributed by atoms with Gasteiger partial charge < -0.3 is 0 Å². The molecule has 2 nitrogen and oxygen atoms in total. The van der Waals surface area contributed by atoms with Crippen molar-refractivity contribution in [3.05, 3.63) is 17.0 Å². The van der Waals surface area contributed by atoms with Crippen LogP contribution in [0.2, 0.25) is 5.28 Å². The summed E-state index contributed by atoms with van der Waals surface area (Å²) in [5.41, 5.74) is -0.999. The van der Waals surface area contributed by atoms with Gasteiger partial charge in [0.05, 0.1) is 0 Å². The molecule has 0 atom stereocenters. The second kappa shape index (κ2) is 5.03. The highest BCUT2D eigenvalue weighted by Crippen LogP contribution is 2.30. The Morgan fingerprint density at radius 1 is 1.40 bits per heavy atom. The molecule has 0 radical (unpaired) electrons. The molecule has 0 aliphatic heterocycles. The number of hydrogen-bond donors (Lipinski definition) is 0. The molecule has 0 aliphatic carbocycles. The highest BCUT2D eigenvalue weighted by Gasteiger charge is 2.33. The van der Waals surface area contributed by atoms with E-state index in [2.05, 4.69) is 9.97 Å². The standard InChI is InChI=1S/C8H8ClF3N2S/c1-2-3-15-6-4-5(8(10,11)12)13-7(9)14-6/h4H,2-3H2,1H3. The molecule has 0 amide bonds. The summed E-state index contributed by atoms with van der Waals surface area (Å²) in [5, 5.41) is -0.118. The van der Waals surface area contributed by atoms with Crippen LogP contribution in [-0.2, 0) is 6.18 Å². The van der Waals surface area contributed by atoms with Crippen LogP contribution >= 0.6 is 23.4 Å². The largest absolute Gasteiger partial charge is 0.433 e. The molecule has 0 fully saturated rings. The molecule has 0 spiro atoms. The third-order valence-electron chi connectivity index (χ3n) is 1.42. The number of halogens is 4. The second-order valence-corrected chi connectivity index (χ2v) is 4.16. The normalized spacial score (nSPS) is 11.8. The Morgan fingerprint density at radius 2 is 2.07 bits per heavy atom. The van der Waals surface area contributed by atoms with Crippen molar-refractivity contribution in [2.75, 3.05) is 5.75 Å². The monoisotopic (exact) mass is 256 g/mol. The summed E-state index contributed by atoms with van der Waals surface area (Å²) in [6.45, 7) is 1.93. The van der Waals surface area contributed by atoms with Gasteiger partial charge in [-0.25, -0.2) is 9.97 Å². The lowest BCUT2D eigenvalue weighted by atomic mass is 10.4. The van der Waals surface area contributed by atoms with Crippen molar-refractivity contribution in [2.24, 2.45) is 0 Å². The van der Waals surface area contributed by atoms with Crippen LogP contribution in [0.25, 0.3) is 0 Å². The SMILES string of the molecule is CCCSc1cc(C(F)(F)F)nc(Cl)n1. The number of hydrogen-bond acceptors (Lipinski definition) is 3. The topological polar surface area (TPSA) is 25.8 Å². The lowest BCUT2D eigenvalue weighted by Crippen LogP contribution is -2.09. The van der Waals surface area contributed by atoms with Crippen LogP contribution in [0.15, 0.2) is 11.1 Å². The van der Waals surface area contributed by atoms with Gasteiger partial charge in [0.15, 0.2) is 5.69 Å². The molecule has 84 valence electrons. The van der Waals surface area contributed by atoms with Gasteiger partial charge in [-0.2, -0.15) is 13.2 Å². The average molecular weight is 257 g/mol. The van der Waals surface area contributed by atoms with Crippen LogP contribution in [0.5, 0.6) is 0 Å². The first kappa shape index (κ1) is 12.6. The van der Waals surface area contributed by atoms with Crippen molar-refractivity contribution >= 4 is 23.4 Å². The average Bonchev–Trinajstić information content (AvgIpc) is 2.12. The van der Waals surface area contributed by atoms with Gasteiger partial charge in [-0.05, 0) is 23.8 Å². The zero-order valence-electron chi connectivity index (χ0n) is 7.81. The first-order chi connectivity index (χ1) is 6.93. The van der Waals surface area contributed by atoms with E-state index >= 15 is 0 Å². The van der Waals surface area contributed by atoms with Gasteiger partial charge in [-0.1, -0.05) is 6.92 Å². The second-order valence-electron chi connectivity index (χ2n) is 2.71. The van der Waals surface area contributed by atoms with Gasteiger partial charge in [-0.3, -0.25) is 0 Å². The summed E-state index contributed by atoms with van der Waals surface area (Å²) < 4.78 is 36.9. The van der Waals surface area contributed by atoms with Crippen LogP contribution < -0.4 is 0 Å². The number of alkyl halides is 3. The van der Waals surface area contributed by atoms with Crippen LogP contribution in [0.3, 0.4) is 0 Å². The third-order valence-corrected chi connectivity index (χ3v) is 2.71. The smallest absolute Gasteiger partial charge is 0.213 e. The fraction of sp³-hybridized carbons (Fsp3) is 0.500. The lowest BCUT2D eigenvalue weighted by molar-refractivity contribution is -0.141. The Labute approximate surface area is 94.3 Å². The minimum absolute atomic E-state index is 0.254. The molecule has 0 N–H and O–H groups in total. The molecule has 0 saturated carbocycles. The Kier molecular flexibility index (Phi) is 4.21. The van der Waals surface area contributed by atoms with E-state index < -0.39 is 11.9 Å². The summed E-state index contributed by atoms with van der Waals surface area (Å²) in [4.78, 5) is 6.83. The van der Waals surface area contributed by atoms with E-state index in [4.69, 9.17) is 11.6 Å². The third kappa shape index (κ3) is 3.87. The molecule has 0 unspecified atom stereocenters. The Morgan fingerprint density at radius 3 is 2.60 bits per heavy atom. The predicted octanol–water partition coefficient (Wildman–Crippen LogP) is 3.65. The van der Waals surface area contributed by atoms with Gasteiger partial charge in [0, 0.05) is 6.07 Å². The maximum atomic E-state index is 12.3. The van der Waals surface area contributed by atoms with Crippen molar-refractivity contribution < 1.29 is 13.2 Å². The fourth-order valence-electron chi connectivity index (χ4n) is 0.823. The number of aromatic nitrogens is 2. The maximum Gasteiger partial charge on any atom is 0.433 e. The molecule has 0 bridgehead atoms. The van der Waals surface area contributed by atoms with E-state index in [1.165, 1.54) is 11.8 Å². The van der Waals surface area contributed by atoms with Gasteiger partial charge >= 0.3 is 6.18 Å². The molecule has 1 aromatic heterocycles. The summed E-state index contributed by atoms with van der Waals surface area (Å²) in [6, 6.07) is 0.909. The summed E-state index contributed by atoms with van der Waals surface area (Å²) >= 11 is 6.63. The van der Waals surface area contributed by atoms with E-state index in [-0.39, 0.29) is 10.3 Å². The van der Waals surface area contributed by atoms with Crippen molar-refractivity contribution in [1.82, 2.24) is 9.97 Å². The zero-order chi connectivity index (χ0) is 11.5.